The zero-order valence-corrected chi connectivity index (χ0v) is 17.7. The van der Waals surface area contributed by atoms with E-state index < -0.39 is 12.0 Å². The summed E-state index contributed by atoms with van der Waals surface area (Å²) in [5, 5.41) is 0.825. The van der Waals surface area contributed by atoms with Crippen molar-refractivity contribution in [2.24, 2.45) is 0 Å². The molecular weight excluding hydrogens is 402 g/mol. The number of rotatable bonds is 5. The molecule has 8 heteroatoms. The highest BCUT2D eigenvalue weighted by atomic mass is 32.1. The molecule has 1 aromatic carbocycles. The smallest absolute Gasteiger partial charge is 0.328 e. The van der Waals surface area contributed by atoms with Crippen molar-refractivity contribution in [3.63, 3.8) is 0 Å². The van der Waals surface area contributed by atoms with Gasteiger partial charge in [0.15, 0.2) is 6.61 Å². The molecule has 0 saturated carbocycles. The first-order valence-electron chi connectivity index (χ1n) is 9.59. The Morgan fingerprint density at radius 2 is 2.17 bits per heavy atom. The molecule has 0 fully saturated rings. The number of hydrogen-bond acceptors (Lipinski definition) is 7. The van der Waals surface area contributed by atoms with Crippen LogP contribution in [-0.4, -0.2) is 41.6 Å². The number of carbonyl (C=O) groups is 2. The number of fused-ring (bicyclic) bond motifs is 1. The maximum absolute atomic E-state index is 12.7. The van der Waals surface area contributed by atoms with E-state index in [1.54, 1.807) is 17.5 Å². The molecule has 0 saturated heterocycles. The van der Waals surface area contributed by atoms with Crippen LogP contribution in [0.5, 0.6) is 5.75 Å². The first-order valence-corrected chi connectivity index (χ1v) is 10.4. The van der Waals surface area contributed by atoms with Crippen LogP contribution in [-0.2, 0) is 14.3 Å². The van der Waals surface area contributed by atoms with Gasteiger partial charge >= 0.3 is 5.97 Å². The molecule has 0 radical (unpaired) electrons. The van der Waals surface area contributed by atoms with Gasteiger partial charge in [-0.2, -0.15) is 0 Å². The molecule has 1 aliphatic heterocycles. The van der Waals surface area contributed by atoms with Crippen LogP contribution in [0.1, 0.15) is 18.2 Å². The average Bonchev–Trinajstić information content (AvgIpc) is 3.17. The lowest BCUT2D eigenvalue weighted by molar-refractivity contribution is -0.144. The van der Waals surface area contributed by atoms with Crippen molar-refractivity contribution in [3.05, 3.63) is 47.5 Å². The first kappa shape index (κ1) is 20.0. The minimum absolute atomic E-state index is 0.112. The van der Waals surface area contributed by atoms with Gasteiger partial charge in [0, 0.05) is 16.6 Å². The van der Waals surface area contributed by atoms with Crippen molar-refractivity contribution in [3.8, 4) is 27.7 Å². The summed E-state index contributed by atoms with van der Waals surface area (Å²) in [4.78, 5) is 36.6. The van der Waals surface area contributed by atoms with Crippen LogP contribution in [0.2, 0.25) is 0 Å². The fourth-order valence-corrected chi connectivity index (χ4v) is 4.43. The fraction of sp³-hybridized carbons (Fsp3) is 0.273. The molecule has 3 aromatic rings. The lowest BCUT2D eigenvalue weighted by Gasteiger charge is -2.34. The number of nitrogens with zero attached hydrogens (tertiary/aromatic N) is 3. The highest BCUT2D eigenvalue weighted by Crippen LogP contribution is 2.40. The summed E-state index contributed by atoms with van der Waals surface area (Å²) in [5.74, 6) is -0.175. The third kappa shape index (κ3) is 3.54. The van der Waals surface area contributed by atoms with Crippen molar-refractivity contribution in [1.29, 1.82) is 0 Å². The van der Waals surface area contributed by atoms with Gasteiger partial charge < -0.3 is 9.47 Å². The standard InChI is InChI=1S/C22H21N3O4S/c1-4-16(22(27)28-3)25-17-11-14(8-9-18(17)29-12-19(25)26)20-13(2)30-21(24-20)15-7-5-6-10-23-15/h5-11,16H,4,12H2,1-3H3. The number of methoxy groups -OCH3 is 1. The Labute approximate surface area is 178 Å². The number of anilines is 1. The Morgan fingerprint density at radius 1 is 1.33 bits per heavy atom. The van der Waals surface area contributed by atoms with E-state index in [0.29, 0.717) is 17.9 Å². The topological polar surface area (TPSA) is 81.6 Å². The van der Waals surface area contributed by atoms with Gasteiger partial charge in [-0.1, -0.05) is 13.0 Å². The predicted octanol–water partition coefficient (Wildman–Crippen LogP) is 3.86. The number of benzene rings is 1. The Hall–Kier alpha value is -3.26. The molecule has 7 nitrogen and oxygen atoms in total. The second-order valence-corrected chi connectivity index (χ2v) is 8.02. The van der Waals surface area contributed by atoms with Crippen LogP contribution < -0.4 is 9.64 Å². The Morgan fingerprint density at radius 3 is 2.87 bits per heavy atom. The maximum Gasteiger partial charge on any atom is 0.328 e. The number of carbonyl (C=O) groups excluding carboxylic acids is 2. The minimum atomic E-state index is -0.707. The van der Waals surface area contributed by atoms with Gasteiger partial charge in [0.1, 0.15) is 16.8 Å². The molecule has 2 aromatic heterocycles. The van der Waals surface area contributed by atoms with Crippen LogP contribution in [0.25, 0.3) is 22.0 Å². The number of amides is 1. The van der Waals surface area contributed by atoms with Gasteiger partial charge in [0.05, 0.1) is 24.2 Å². The number of aromatic nitrogens is 2. The van der Waals surface area contributed by atoms with Crippen LogP contribution in [0.3, 0.4) is 0 Å². The molecule has 0 spiro atoms. The summed E-state index contributed by atoms with van der Waals surface area (Å²) in [6.45, 7) is 3.73. The normalized spacial score (nSPS) is 14.1. The minimum Gasteiger partial charge on any atom is -0.482 e. The van der Waals surface area contributed by atoms with Crippen LogP contribution in [0, 0.1) is 6.92 Å². The molecule has 1 amide bonds. The van der Waals surface area contributed by atoms with E-state index in [-0.39, 0.29) is 12.5 Å². The largest absolute Gasteiger partial charge is 0.482 e. The Kier molecular flexibility index (Phi) is 5.50. The zero-order chi connectivity index (χ0) is 21.3. The Bertz CT molecular complexity index is 1100. The van der Waals surface area contributed by atoms with Crippen LogP contribution in [0.4, 0.5) is 5.69 Å². The van der Waals surface area contributed by atoms with Gasteiger partial charge in [-0.05, 0) is 43.7 Å². The van der Waals surface area contributed by atoms with E-state index in [1.165, 1.54) is 12.0 Å². The number of hydrogen-bond donors (Lipinski definition) is 0. The molecule has 0 N–H and O–H groups in total. The maximum atomic E-state index is 12.7. The quantitative estimate of drug-likeness (QED) is 0.580. The molecule has 1 aliphatic rings. The van der Waals surface area contributed by atoms with Crippen LogP contribution in [0.15, 0.2) is 42.6 Å². The lowest BCUT2D eigenvalue weighted by Crippen LogP contribution is -2.49. The lowest BCUT2D eigenvalue weighted by atomic mass is 10.1. The SMILES string of the molecule is CCC(C(=O)OC)N1C(=O)COc2ccc(-c3nc(-c4ccccn4)sc3C)cc21. The number of thiazole rings is 1. The molecule has 3 heterocycles. The molecule has 1 unspecified atom stereocenters. The highest BCUT2D eigenvalue weighted by molar-refractivity contribution is 7.15. The third-order valence-corrected chi connectivity index (χ3v) is 5.96. The summed E-state index contributed by atoms with van der Waals surface area (Å²) < 4.78 is 10.5. The zero-order valence-electron chi connectivity index (χ0n) is 16.9. The molecule has 0 bridgehead atoms. The molecule has 30 heavy (non-hydrogen) atoms. The molecule has 154 valence electrons. The van der Waals surface area contributed by atoms with Gasteiger partial charge in [-0.25, -0.2) is 9.78 Å². The highest BCUT2D eigenvalue weighted by Gasteiger charge is 2.35. The third-order valence-electron chi connectivity index (χ3n) is 4.96. The molecular formula is C22H21N3O4S. The predicted molar refractivity (Wildman–Crippen MR) is 115 cm³/mol. The van der Waals surface area contributed by atoms with E-state index in [9.17, 15) is 9.59 Å². The molecule has 4 rings (SSSR count). The van der Waals surface area contributed by atoms with Gasteiger partial charge in [-0.3, -0.25) is 14.7 Å². The number of esters is 1. The Balaban J connectivity index is 1.78. The van der Waals surface area contributed by atoms with E-state index in [1.807, 2.05) is 50.2 Å². The van der Waals surface area contributed by atoms with E-state index >= 15 is 0 Å². The van der Waals surface area contributed by atoms with Gasteiger partial charge in [0.25, 0.3) is 5.91 Å². The van der Waals surface area contributed by atoms with Gasteiger partial charge in [-0.15, -0.1) is 11.3 Å². The first-order chi connectivity index (χ1) is 14.5. The van der Waals surface area contributed by atoms with Crippen molar-refractivity contribution < 1.29 is 19.1 Å². The monoisotopic (exact) mass is 423 g/mol. The summed E-state index contributed by atoms with van der Waals surface area (Å²) in [6.07, 6.45) is 2.17. The number of aryl methyl sites for hydroxylation is 1. The van der Waals surface area contributed by atoms with Gasteiger partial charge in [0.2, 0.25) is 0 Å². The summed E-state index contributed by atoms with van der Waals surface area (Å²) in [5.41, 5.74) is 3.01. The number of pyridine rings is 1. The van der Waals surface area contributed by atoms with Crippen LogP contribution >= 0.6 is 11.3 Å². The summed E-state index contributed by atoms with van der Waals surface area (Å²) in [6, 6.07) is 10.6. The summed E-state index contributed by atoms with van der Waals surface area (Å²) >= 11 is 1.56. The number of ether oxygens (including phenoxy) is 2. The summed E-state index contributed by atoms with van der Waals surface area (Å²) in [7, 11) is 1.32. The second kappa shape index (κ2) is 8.23. The van der Waals surface area contributed by atoms with E-state index in [2.05, 4.69) is 4.98 Å². The van der Waals surface area contributed by atoms with Crippen molar-refractivity contribution >= 4 is 28.9 Å². The van der Waals surface area contributed by atoms with Crippen molar-refractivity contribution in [2.45, 2.75) is 26.3 Å². The molecule has 1 atom stereocenters. The fourth-order valence-electron chi connectivity index (χ4n) is 3.51. The van der Waals surface area contributed by atoms with Crippen molar-refractivity contribution in [2.75, 3.05) is 18.6 Å². The average molecular weight is 423 g/mol. The van der Waals surface area contributed by atoms with Crippen molar-refractivity contribution in [1.82, 2.24) is 9.97 Å². The molecule has 0 aliphatic carbocycles. The van der Waals surface area contributed by atoms with E-state index in [0.717, 1.165) is 26.8 Å². The van der Waals surface area contributed by atoms with E-state index in [4.69, 9.17) is 14.5 Å². The second-order valence-electron chi connectivity index (χ2n) is 6.82.